The second kappa shape index (κ2) is 8.55. The number of rotatable bonds is 7. The molecule has 0 bridgehead atoms. The van der Waals surface area contributed by atoms with Crippen molar-refractivity contribution < 1.29 is 9.90 Å². The molecular weight excluding hydrogens is 254 g/mol. The fourth-order valence-electron chi connectivity index (χ4n) is 2.21. The van der Waals surface area contributed by atoms with Crippen LogP contribution in [0.15, 0.2) is 24.3 Å². The molecule has 0 radical (unpaired) electrons. The standard InChI is InChI=1S/C15H25N3O2/c1-3-14(4-2)18(9-10-19)15(20)17-13-7-5-12(11-16)6-8-13/h5-8,14,19H,3-4,9-11,16H2,1-2H3,(H,17,20). The number of amides is 2. The van der Waals surface area contributed by atoms with Gasteiger partial charge in [0, 0.05) is 24.8 Å². The third kappa shape index (κ3) is 4.51. The van der Waals surface area contributed by atoms with Crippen molar-refractivity contribution in [3.8, 4) is 0 Å². The molecule has 0 aliphatic carbocycles. The summed E-state index contributed by atoms with van der Waals surface area (Å²) in [7, 11) is 0. The van der Waals surface area contributed by atoms with E-state index in [-0.39, 0.29) is 18.7 Å². The summed E-state index contributed by atoms with van der Waals surface area (Å²) in [6, 6.07) is 7.43. The van der Waals surface area contributed by atoms with Gasteiger partial charge in [-0.15, -0.1) is 0 Å². The van der Waals surface area contributed by atoms with Gasteiger partial charge in [-0.3, -0.25) is 0 Å². The van der Waals surface area contributed by atoms with Crippen molar-refractivity contribution in [2.24, 2.45) is 5.73 Å². The molecule has 0 saturated heterocycles. The molecule has 4 N–H and O–H groups in total. The van der Waals surface area contributed by atoms with E-state index in [2.05, 4.69) is 5.32 Å². The quantitative estimate of drug-likeness (QED) is 0.715. The Morgan fingerprint density at radius 2 is 1.90 bits per heavy atom. The number of benzene rings is 1. The first-order valence-electron chi connectivity index (χ1n) is 7.13. The van der Waals surface area contributed by atoms with Crippen LogP contribution >= 0.6 is 0 Å². The highest BCUT2D eigenvalue weighted by atomic mass is 16.3. The van der Waals surface area contributed by atoms with Crippen molar-refractivity contribution >= 4 is 11.7 Å². The molecule has 112 valence electrons. The van der Waals surface area contributed by atoms with E-state index in [1.54, 1.807) is 4.90 Å². The van der Waals surface area contributed by atoms with Gasteiger partial charge in [-0.25, -0.2) is 4.79 Å². The molecule has 2 amide bonds. The first-order valence-corrected chi connectivity index (χ1v) is 7.13. The highest BCUT2D eigenvalue weighted by Gasteiger charge is 2.20. The Morgan fingerprint density at radius 3 is 2.35 bits per heavy atom. The number of nitrogens with two attached hydrogens (primary N) is 1. The third-order valence-corrected chi connectivity index (χ3v) is 3.43. The summed E-state index contributed by atoms with van der Waals surface area (Å²) in [4.78, 5) is 14.0. The summed E-state index contributed by atoms with van der Waals surface area (Å²) in [5.74, 6) is 0. The number of carbonyl (C=O) groups excluding carboxylic acids is 1. The smallest absolute Gasteiger partial charge is 0.322 e. The maximum atomic E-state index is 12.3. The van der Waals surface area contributed by atoms with Gasteiger partial charge in [-0.2, -0.15) is 0 Å². The van der Waals surface area contributed by atoms with Gasteiger partial charge in [0.1, 0.15) is 0 Å². The summed E-state index contributed by atoms with van der Waals surface area (Å²) in [6.45, 7) is 4.89. The molecule has 1 aromatic carbocycles. The molecule has 0 aromatic heterocycles. The molecule has 0 fully saturated rings. The summed E-state index contributed by atoms with van der Waals surface area (Å²) in [5, 5.41) is 12.0. The highest BCUT2D eigenvalue weighted by molar-refractivity contribution is 5.89. The van der Waals surface area contributed by atoms with Crippen LogP contribution in [0, 0.1) is 0 Å². The number of carbonyl (C=O) groups is 1. The lowest BCUT2D eigenvalue weighted by molar-refractivity contribution is 0.158. The second-order valence-electron chi connectivity index (χ2n) is 4.72. The molecule has 5 heteroatoms. The predicted octanol–water partition coefficient (Wildman–Crippen LogP) is 2.16. The number of nitrogens with one attached hydrogen (secondary N) is 1. The zero-order valence-corrected chi connectivity index (χ0v) is 12.3. The van der Waals surface area contributed by atoms with Gasteiger partial charge in [0.05, 0.1) is 6.61 Å². The Hall–Kier alpha value is -1.59. The van der Waals surface area contributed by atoms with Gasteiger partial charge < -0.3 is 21.1 Å². The molecule has 0 unspecified atom stereocenters. The van der Waals surface area contributed by atoms with E-state index in [1.807, 2.05) is 38.1 Å². The lowest BCUT2D eigenvalue weighted by atomic mass is 10.1. The number of hydrogen-bond donors (Lipinski definition) is 3. The molecule has 1 aromatic rings. The second-order valence-corrected chi connectivity index (χ2v) is 4.72. The van der Waals surface area contributed by atoms with E-state index < -0.39 is 0 Å². The van der Waals surface area contributed by atoms with Gasteiger partial charge in [0.2, 0.25) is 0 Å². The van der Waals surface area contributed by atoms with Gasteiger partial charge in [0.15, 0.2) is 0 Å². The third-order valence-electron chi connectivity index (χ3n) is 3.43. The van der Waals surface area contributed by atoms with E-state index in [0.717, 1.165) is 24.1 Å². The molecule has 0 heterocycles. The van der Waals surface area contributed by atoms with Crippen molar-refractivity contribution in [1.82, 2.24) is 4.90 Å². The molecule has 1 rings (SSSR count). The first-order chi connectivity index (χ1) is 9.65. The van der Waals surface area contributed by atoms with Crippen molar-refractivity contribution in [2.45, 2.75) is 39.3 Å². The van der Waals surface area contributed by atoms with Gasteiger partial charge in [0.25, 0.3) is 0 Å². The number of aliphatic hydroxyl groups is 1. The van der Waals surface area contributed by atoms with Crippen LogP contribution in [0.1, 0.15) is 32.3 Å². The largest absolute Gasteiger partial charge is 0.395 e. The minimum atomic E-state index is -0.173. The lowest BCUT2D eigenvalue weighted by Gasteiger charge is -2.30. The molecule has 5 nitrogen and oxygen atoms in total. The zero-order chi connectivity index (χ0) is 15.0. The van der Waals surface area contributed by atoms with E-state index in [9.17, 15) is 4.79 Å². The number of urea groups is 1. The number of aliphatic hydroxyl groups excluding tert-OH is 1. The van der Waals surface area contributed by atoms with Crippen molar-refractivity contribution in [3.05, 3.63) is 29.8 Å². The van der Waals surface area contributed by atoms with Crippen LogP contribution in [0.2, 0.25) is 0 Å². The summed E-state index contributed by atoms with van der Waals surface area (Å²) in [6.07, 6.45) is 1.74. The lowest BCUT2D eigenvalue weighted by Crippen LogP contribution is -2.44. The molecule has 0 saturated carbocycles. The highest BCUT2D eigenvalue weighted by Crippen LogP contribution is 2.13. The van der Waals surface area contributed by atoms with E-state index >= 15 is 0 Å². The van der Waals surface area contributed by atoms with Crippen LogP contribution in [0.5, 0.6) is 0 Å². The van der Waals surface area contributed by atoms with Crippen molar-refractivity contribution in [1.29, 1.82) is 0 Å². The van der Waals surface area contributed by atoms with Gasteiger partial charge in [-0.1, -0.05) is 26.0 Å². The Morgan fingerprint density at radius 1 is 1.30 bits per heavy atom. The fourth-order valence-corrected chi connectivity index (χ4v) is 2.21. The van der Waals surface area contributed by atoms with Crippen LogP contribution in [0.4, 0.5) is 10.5 Å². The molecule has 0 aliphatic heterocycles. The van der Waals surface area contributed by atoms with Crippen molar-refractivity contribution in [3.63, 3.8) is 0 Å². The summed E-state index contributed by atoms with van der Waals surface area (Å²) >= 11 is 0. The summed E-state index contributed by atoms with van der Waals surface area (Å²) in [5.41, 5.74) is 7.30. The Labute approximate surface area is 120 Å². The maximum Gasteiger partial charge on any atom is 0.322 e. The predicted molar refractivity (Wildman–Crippen MR) is 81.5 cm³/mol. The average molecular weight is 279 g/mol. The molecule has 0 spiro atoms. The average Bonchev–Trinajstić information content (AvgIpc) is 2.48. The minimum absolute atomic E-state index is 0.0317. The van der Waals surface area contributed by atoms with Crippen molar-refractivity contribution in [2.75, 3.05) is 18.5 Å². The van der Waals surface area contributed by atoms with Crippen LogP contribution in [0.25, 0.3) is 0 Å². The molecule has 20 heavy (non-hydrogen) atoms. The number of anilines is 1. The molecular formula is C15H25N3O2. The zero-order valence-electron chi connectivity index (χ0n) is 12.3. The van der Waals surface area contributed by atoms with Crippen LogP contribution in [0.3, 0.4) is 0 Å². The SMILES string of the molecule is CCC(CC)N(CCO)C(=O)Nc1ccc(CN)cc1. The van der Waals surface area contributed by atoms with E-state index in [1.165, 1.54) is 0 Å². The fraction of sp³-hybridized carbons (Fsp3) is 0.533. The Bertz CT molecular complexity index is 402. The Kier molecular flexibility index (Phi) is 7.04. The molecule has 0 aliphatic rings. The van der Waals surface area contributed by atoms with Gasteiger partial charge in [-0.05, 0) is 30.5 Å². The maximum absolute atomic E-state index is 12.3. The Balaban J connectivity index is 2.73. The topological polar surface area (TPSA) is 78.6 Å². The first kappa shape index (κ1) is 16.5. The number of hydrogen-bond acceptors (Lipinski definition) is 3. The summed E-state index contributed by atoms with van der Waals surface area (Å²) < 4.78 is 0. The van der Waals surface area contributed by atoms with E-state index in [0.29, 0.717) is 13.1 Å². The number of nitrogens with zero attached hydrogens (tertiary/aromatic N) is 1. The van der Waals surface area contributed by atoms with Crippen LogP contribution in [-0.4, -0.2) is 35.2 Å². The van der Waals surface area contributed by atoms with Crippen LogP contribution in [-0.2, 0) is 6.54 Å². The minimum Gasteiger partial charge on any atom is -0.395 e. The normalized spacial score (nSPS) is 10.7. The molecule has 0 atom stereocenters. The van der Waals surface area contributed by atoms with Crippen LogP contribution < -0.4 is 11.1 Å². The van der Waals surface area contributed by atoms with E-state index in [4.69, 9.17) is 10.8 Å². The van der Waals surface area contributed by atoms with Gasteiger partial charge >= 0.3 is 6.03 Å². The monoisotopic (exact) mass is 279 g/mol.